The Morgan fingerprint density at radius 3 is 2.71 bits per heavy atom. The summed E-state index contributed by atoms with van der Waals surface area (Å²) < 4.78 is 24.0. The minimum Gasteiger partial charge on any atom is -0.494 e. The monoisotopic (exact) mass is 302 g/mol. The van der Waals surface area contributed by atoms with Gasteiger partial charge in [0.1, 0.15) is 11.6 Å². The highest BCUT2D eigenvalue weighted by atomic mass is 79.9. The molecular formula is C12H12BrFO3. The van der Waals surface area contributed by atoms with Crippen molar-refractivity contribution in [2.45, 2.75) is 6.92 Å². The van der Waals surface area contributed by atoms with Crippen molar-refractivity contribution in [1.82, 2.24) is 0 Å². The Hall–Kier alpha value is -1.36. The van der Waals surface area contributed by atoms with Crippen molar-refractivity contribution in [1.29, 1.82) is 0 Å². The molecule has 0 N–H and O–H groups in total. The Morgan fingerprint density at radius 2 is 2.18 bits per heavy atom. The fraction of sp³-hybridized carbons (Fsp3) is 0.250. The number of halogens is 2. The van der Waals surface area contributed by atoms with Crippen LogP contribution in [-0.4, -0.2) is 19.7 Å². The molecule has 0 heterocycles. The summed E-state index contributed by atoms with van der Waals surface area (Å²) in [7, 11) is 1.23. The van der Waals surface area contributed by atoms with E-state index in [9.17, 15) is 9.18 Å². The van der Waals surface area contributed by atoms with Crippen molar-refractivity contribution in [3.63, 3.8) is 0 Å². The van der Waals surface area contributed by atoms with Crippen LogP contribution in [-0.2, 0) is 9.47 Å². The van der Waals surface area contributed by atoms with Crippen LogP contribution in [0.2, 0.25) is 0 Å². The summed E-state index contributed by atoms with van der Waals surface area (Å²) in [5.74, 6) is -1.11. The van der Waals surface area contributed by atoms with Gasteiger partial charge in [-0.15, -0.1) is 0 Å². The number of benzene rings is 1. The van der Waals surface area contributed by atoms with Crippen molar-refractivity contribution in [2.75, 3.05) is 13.7 Å². The summed E-state index contributed by atoms with van der Waals surface area (Å²) >= 11 is 3.11. The van der Waals surface area contributed by atoms with Crippen LogP contribution in [0.4, 0.5) is 4.39 Å². The third kappa shape index (κ3) is 3.06. The third-order valence-electron chi connectivity index (χ3n) is 2.06. The zero-order valence-electron chi connectivity index (χ0n) is 9.55. The molecule has 1 aromatic rings. The van der Waals surface area contributed by atoms with E-state index in [1.165, 1.54) is 19.2 Å². The lowest BCUT2D eigenvalue weighted by Gasteiger charge is -2.12. The standard InChI is InChI=1S/C12H12BrFO3/c1-4-17-7(2)11-9(12(15)16-3)5-8(13)6-10(11)14/h5-6H,2,4H2,1,3H3. The summed E-state index contributed by atoms with van der Waals surface area (Å²) in [6.45, 7) is 5.69. The number of methoxy groups -OCH3 is 1. The van der Waals surface area contributed by atoms with Crippen LogP contribution in [0.5, 0.6) is 0 Å². The number of ether oxygens (including phenoxy) is 2. The molecule has 0 bridgehead atoms. The molecule has 0 aromatic heterocycles. The van der Waals surface area contributed by atoms with Crippen LogP contribution in [0.1, 0.15) is 22.8 Å². The molecule has 0 spiro atoms. The van der Waals surface area contributed by atoms with Crippen molar-refractivity contribution >= 4 is 27.7 Å². The molecule has 0 saturated heterocycles. The van der Waals surface area contributed by atoms with Gasteiger partial charge in [-0.25, -0.2) is 9.18 Å². The second kappa shape index (κ2) is 5.82. The maximum Gasteiger partial charge on any atom is 0.338 e. The number of carbonyl (C=O) groups is 1. The normalized spacial score (nSPS) is 9.88. The fourth-order valence-corrected chi connectivity index (χ4v) is 1.80. The van der Waals surface area contributed by atoms with E-state index in [-0.39, 0.29) is 16.9 Å². The van der Waals surface area contributed by atoms with Crippen LogP contribution in [0.3, 0.4) is 0 Å². The Kier molecular flexibility index (Phi) is 4.69. The maximum atomic E-state index is 13.8. The highest BCUT2D eigenvalue weighted by molar-refractivity contribution is 9.10. The zero-order valence-corrected chi connectivity index (χ0v) is 11.1. The zero-order chi connectivity index (χ0) is 13.0. The highest BCUT2D eigenvalue weighted by Gasteiger charge is 2.20. The largest absolute Gasteiger partial charge is 0.494 e. The van der Waals surface area contributed by atoms with E-state index in [2.05, 4.69) is 27.2 Å². The lowest BCUT2D eigenvalue weighted by Crippen LogP contribution is -2.08. The lowest BCUT2D eigenvalue weighted by atomic mass is 10.1. The summed E-state index contributed by atoms with van der Waals surface area (Å²) in [6.07, 6.45) is 0. The average Bonchev–Trinajstić information content (AvgIpc) is 2.27. The molecule has 92 valence electrons. The quantitative estimate of drug-likeness (QED) is 0.632. The Labute approximate surface area is 107 Å². The molecule has 0 amide bonds. The van der Waals surface area contributed by atoms with E-state index in [4.69, 9.17) is 4.74 Å². The van der Waals surface area contributed by atoms with Gasteiger partial charge in [0.25, 0.3) is 0 Å². The van der Waals surface area contributed by atoms with Gasteiger partial charge < -0.3 is 9.47 Å². The van der Waals surface area contributed by atoms with Gasteiger partial charge in [-0.3, -0.25) is 0 Å². The molecule has 1 rings (SSSR count). The fourth-order valence-electron chi connectivity index (χ4n) is 1.37. The Morgan fingerprint density at radius 1 is 1.53 bits per heavy atom. The van der Waals surface area contributed by atoms with Gasteiger partial charge in [-0.2, -0.15) is 0 Å². The van der Waals surface area contributed by atoms with E-state index < -0.39 is 11.8 Å². The minimum atomic E-state index is -0.638. The van der Waals surface area contributed by atoms with Crippen LogP contribution in [0.25, 0.3) is 5.76 Å². The van der Waals surface area contributed by atoms with Crippen molar-refractivity contribution in [3.8, 4) is 0 Å². The molecule has 3 nitrogen and oxygen atoms in total. The lowest BCUT2D eigenvalue weighted by molar-refractivity contribution is 0.0599. The van der Waals surface area contributed by atoms with Crippen LogP contribution in [0, 0.1) is 5.82 Å². The number of rotatable bonds is 4. The summed E-state index contributed by atoms with van der Waals surface area (Å²) in [5, 5.41) is 0. The van der Waals surface area contributed by atoms with Crippen LogP contribution in [0.15, 0.2) is 23.2 Å². The predicted molar refractivity (Wildman–Crippen MR) is 66.1 cm³/mol. The van der Waals surface area contributed by atoms with Crippen molar-refractivity contribution in [2.24, 2.45) is 0 Å². The van der Waals surface area contributed by atoms with E-state index in [0.717, 1.165) is 0 Å². The van der Waals surface area contributed by atoms with E-state index in [1.807, 2.05) is 0 Å². The summed E-state index contributed by atoms with van der Waals surface area (Å²) in [5.41, 5.74) is 0.111. The number of hydrogen-bond acceptors (Lipinski definition) is 3. The number of carbonyl (C=O) groups excluding carboxylic acids is 1. The van der Waals surface area contributed by atoms with E-state index >= 15 is 0 Å². The predicted octanol–water partition coefficient (Wildman–Crippen LogP) is 3.38. The first kappa shape index (κ1) is 13.7. The van der Waals surface area contributed by atoms with E-state index in [1.54, 1.807) is 6.92 Å². The molecule has 5 heteroatoms. The average molecular weight is 303 g/mol. The second-order valence-corrected chi connectivity index (χ2v) is 4.07. The first-order valence-electron chi connectivity index (χ1n) is 4.90. The highest BCUT2D eigenvalue weighted by Crippen LogP contribution is 2.27. The maximum absolute atomic E-state index is 13.8. The van der Waals surface area contributed by atoms with E-state index in [0.29, 0.717) is 11.1 Å². The van der Waals surface area contributed by atoms with Gasteiger partial charge in [0.15, 0.2) is 0 Å². The second-order valence-electron chi connectivity index (χ2n) is 3.16. The van der Waals surface area contributed by atoms with Gasteiger partial charge in [-0.05, 0) is 19.1 Å². The van der Waals surface area contributed by atoms with Crippen LogP contribution >= 0.6 is 15.9 Å². The molecule has 0 aliphatic heterocycles. The first-order valence-corrected chi connectivity index (χ1v) is 5.70. The molecule has 0 atom stereocenters. The van der Waals surface area contributed by atoms with Gasteiger partial charge in [-0.1, -0.05) is 22.5 Å². The molecule has 0 saturated carbocycles. The van der Waals surface area contributed by atoms with Crippen molar-refractivity contribution < 1.29 is 18.7 Å². The molecule has 0 aliphatic carbocycles. The molecule has 0 radical (unpaired) electrons. The molecule has 0 aliphatic rings. The Bertz CT molecular complexity index is 457. The van der Waals surface area contributed by atoms with Crippen molar-refractivity contribution in [3.05, 3.63) is 40.1 Å². The number of esters is 1. The minimum absolute atomic E-state index is 0.0295. The summed E-state index contributed by atoms with van der Waals surface area (Å²) in [4.78, 5) is 11.5. The Balaban J connectivity index is 3.35. The molecule has 1 aromatic carbocycles. The van der Waals surface area contributed by atoms with Crippen LogP contribution < -0.4 is 0 Å². The van der Waals surface area contributed by atoms with Gasteiger partial charge >= 0.3 is 5.97 Å². The summed E-state index contributed by atoms with van der Waals surface area (Å²) in [6, 6.07) is 2.71. The van der Waals surface area contributed by atoms with Gasteiger partial charge in [0.05, 0.1) is 24.8 Å². The third-order valence-corrected chi connectivity index (χ3v) is 2.52. The van der Waals surface area contributed by atoms with Gasteiger partial charge in [0.2, 0.25) is 0 Å². The number of hydrogen-bond donors (Lipinski definition) is 0. The molecule has 17 heavy (non-hydrogen) atoms. The first-order chi connectivity index (χ1) is 8.01. The molecule has 0 fully saturated rings. The SMILES string of the molecule is C=C(OCC)c1c(F)cc(Br)cc1C(=O)OC. The smallest absolute Gasteiger partial charge is 0.338 e. The topological polar surface area (TPSA) is 35.5 Å². The van der Waals surface area contributed by atoms with Gasteiger partial charge in [0, 0.05) is 4.47 Å². The molecular weight excluding hydrogens is 291 g/mol. The molecule has 0 unspecified atom stereocenters.